The zero-order valence-corrected chi connectivity index (χ0v) is 12.0. The lowest BCUT2D eigenvalue weighted by atomic mass is 10.1. The van der Waals surface area contributed by atoms with Crippen LogP contribution in [0.1, 0.15) is 17.5 Å². The van der Waals surface area contributed by atoms with Gasteiger partial charge < -0.3 is 15.1 Å². The van der Waals surface area contributed by atoms with Gasteiger partial charge in [-0.2, -0.15) is 0 Å². The third-order valence-corrected chi connectivity index (χ3v) is 3.84. The van der Waals surface area contributed by atoms with Crippen molar-refractivity contribution >= 4 is 5.69 Å². The quantitative estimate of drug-likeness (QED) is 0.876. The van der Waals surface area contributed by atoms with Crippen LogP contribution < -0.4 is 10.2 Å². The monoisotopic (exact) mass is 247 g/mol. The Hall–Kier alpha value is -1.06. The summed E-state index contributed by atoms with van der Waals surface area (Å²) in [6, 6.07) is 7.49. The van der Waals surface area contributed by atoms with Crippen molar-refractivity contribution in [3.63, 3.8) is 0 Å². The van der Waals surface area contributed by atoms with Crippen LogP contribution in [0, 0.1) is 6.92 Å². The number of nitrogens with one attached hydrogen (secondary N) is 1. The lowest BCUT2D eigenvalue weighted by Crippen LogP contribution is -2.31. The molecule has 0 saturated carbocycles. The molecule has 0 amide bonds. The summed E-state index contributed by atoms with van der Waals surface area (Å²) in [5, 5.41) is 3.27. The lowest BCUT2D eigenvalue weighted by Gasteiger charge is -2.24. The van der Waals surface area contributed by atoms with E-state index in [-0.39, 0.29) is 0 Å². The Kier molecular flexibility index (Phi) is 4.25. The second kappa shape index (κ2) is 5.72. The molecule has 1 atom stereocenters. The second-order valence-corrected chi connectivity index (χ2v) is 5.51. The highest BCUT2D eigenvalue weighted by Crippen LogP contribution is 2.26. The first-order valence-corrected chi connectivity index (χ1v) is 6.77. The minimum atomic E-state index is 0.689. The van der Waals surface area contributed by atoms with Gasteiger partial charge in [0, 0.05) is 31.4 Å². The maximum atomic E-state index is 3.27. The van der Waals surface area contributed by atoms with Gasteiger partial charge in [-0.3, -0.25) is 0 Å². The molecule has 0 bridgehead atoms. The van der Waals surface area contributed by atoms with Crippen molar-refractivity contribution in [2.75, 3.05) is 39.1 Å². The first-order chi connectivity index (χ1) is 8.61. The molecule has 3 heteroatoms. The van der Waals surface area contributed by atoms with Gasteiger partial charge in [0.1, 0.15) is 0 Å². The zero-order valence-electron chi connectivity index (χ0n) is 12.0. The molecular weight excluding hydrogens is 222 g/mol. The fraction of sp³-hybridized carbons (Fsp3) is 0.600. The van der Waals surface area contributed by atoms with Gasteiger partial charge in [0.05, 0.1) is 0 Å². The van der Waals surface area contributed by atoms with E-state index in [1.165, 1.54) is 29.8 Å². The van der Waals surface area contributed by atoms with Gasteiger partial charge in [0.2, 0.25) is 0 Å². The summed E-state index contributed by atoms with van der Waals surface area (Å²) >= 11 is 0. The van der Waals surface area contributed by atoms with Crippen LogP contribution in [0.2, 0.25) is 0 Å². The number of likely N-dealkylation sites (N-methyl/N-ethyl adjacent to an activating group) is 1. The van der Waals surface area contributed by atoms with E-state index in [9.17, 15) is 0 Å². The van der Waals surface area contributed by atoms with Gasteiger partial charge in [-0.15, -0.1) is 0 Å². The summed E-state index contributed by atoms with van der Waals surface area (Å²) in [5.41, 5.74) is 4.16. The molecule has 1 aliphatic rings. The number of benzene rings is 1. The van der Waals surface area contributed by atoms with E-state index >= 15 is 0 Å². The van der Waals surface area contributed by atoms with E-state index in [1.54, 1.807) is 0 Å². The van der Waals surface area contributed by atoms with Gasteiger partial charge in [0.15, 0.2) is 0 Å². The highest BCUT2D eigenvalue weighted by molar-refractivity contribution is 5.56. The molecular formula is C15H25N3. The molecule has 0 spiro atoms. The van der Waals surface area contributed by atoms with Crippen molar-refractivity contribution in [2.24, 2.45) is 0 Å². The van der Waals surface area contributed by atoms with Gasteiger partial charge in [-0.1, -0.05) is 17.7 Å². The minimum absolute atomic E-state index is 0.689. The summed E-state index contributed by atoms with van der Waals surface area (Å²) in [7, 11) is 6.37. The van der Waals surface area contributed by atoms with Crippen molar-refractivity contribution in [3.8, 4) is 0 Å². The summed E-state index contributed by atoms with van der Waals surface area (Å²) in [4.78, 5) is 4.86. The third-order valence-electron chi connectivity index (χ3n) is 3.84. The van der Waals surface area contributed by atoms with Crippen molar-refractivity contribution < 1.29 is 0 Å². The second-order valence-electron chi connectivity index (χ2n) is 5.51. The van der Waals surface area contributed by atoms with Crippen LogP contribution in [0.25, 0.3) is 0 Å². The third kappa shape index (κ3) is 2.85. The molecule has 0 aromatic heterocycles. The van der Waals surface area contributed by atoms with E-state index in [4.69, 9.17) is 0 Å². The molecule has 1 unspecified atom stereocenters. The number of hydrogen-bond acceptors (Lipinski definition) is 3. The first kappa shape index (κ1) is 13.4. The molecule has 18 heavy (non-hydrogen) atoms. The highest BCUT2D eigenvalue weighted by atomic mass is 15.2. The molecule has 1 fully saturated rings. The van der Waals surface area contributed by atoms with Crippen LogP contribution >= 0.6 is 0 Å². The largest absolute Gasteiger partial charge is 0.370 e. The molecule has 0 aliphatic carbocycles. The summed E-state index contributed by atoms with van der Waals surface area (Å²) in [6.07, 6.45) is 1.26. The fourth-order valence-electron chi connectivity index (χ4n) is 2.74. The standard InChI is InChI=1S/C15H25N3/c1-12-5-6-15(13(9-12)10-16-2)18-8-7-14(11-18)17(3)4/h5-6,9,14,16H,7-8,10-11H2,1-4H3. The molecule has 1 heterocycles. The Labute approximate surface area is 111 Å². The highest BCUT2D eigenvalue weighted by Gasteiger charge is 2.25. The van der Waals surface area contributed by atoms with Crippen molar-refractivity contribution in [1.29, 1.82) is 0 Å². The minimum Gasteiger partial charge on any atom is -0.370 e. The molecule has 1 aromatic rings. The molecule has 0 radical (unpaired) electrons. The van der Waals surface area contributed by atoms with Crippen LogP contribution in [0.5, 0.6) is 0 Å². The number of rotatable bonds is 4. The predicted molar refractivity (Wildman–Crippen MR) is 78.2 cm³/mol. The number of nitrogens with zero attached hydrogens (tertiary/aromatic N) is 2. The number of hydrogen-bond donors (Lipinski definition) is 1. The van der Waals surface area contributed by atoms with Crippen LogP contribution in [-0.4, -0.2) is 45.2 Å². The molecule has 2 rings (SSSR count). The summed E-state index contributed by atoms with van der Waals surface area (Å²) in [6.45, 7) is 5.42. The summed E-state index contributed by atoms with van der Waals surface area (Å²) < 4.78 is 0. The SMILES string of the molecule is CNCc1cc(C)ccc1N1CCC(N(C)C)C1. The van der Waals surface area contributed by atoms with E-state index in [1.807, 2.05) is 7.05 Å². The Morgan fingerprint density at radius 1 is 1.39 bits per heavy atom. The van der Waals surface area contributed by atoms with Crippen LogP contribution in [0.3, 0.4) is 0 Å². The molecule has 1 aliphatic heterocycles. The smallest absolute Gasteiger partial charge is 0.0412 e. The Balaban J connectivity index is 2.18. The molecule has 100 valence electrons. The molecule has 1 N–H and O–H groups in total. The van der Waals surface area contributed by atoms with E-state index in [0.717, 1.165) is 13.1 Å². The van der Waals surface area contributed by atoms with Crippen molar-refractivity contribution in [2.45, 2.75) is 25.9 Å². The maximum Gasteiger partial charge on any atom is 0.0412 e. The van der Waals surface area contributed by atoms with Crippen molar-refractivity contribution in [3.05, 3.63) is 29.3 Å². The van der Waals surface area contributed by atoms with Crippen LogP contribution in [0.4, 0.5) is 5.69 Å². The fourth-order valence-corrected chi connectivity index (χ4v) is 2.74. The zero-order chi connectivity index (χ0) is 13.1. The summed E-state index contributed by atoms with van der Waals surface area (Å²) in [5.74, 6) is 0. The maximum absolute atomic E-state index is 3.27. The van der Waals surface area contributed by atoms with Gasteiger partial charge in [-0.05, 0) is 46.1 Å². The Morgan fingerprint density at radius 3 is 2.78 bits per heavy atom. The van der Waals surface area contributed by atoms with Gasteiger partial charge >= 0.3 is 0 Å². The Bertz CT molecular complexity index is 401. The average Bonchev–Trinajstić information content (AvgIpc) is 2.79. The van der Waals surface area contributed by atoms with E-state index in [0.29, 0.717) is 6.04 Å². The number of anilines is 1. The predicted octanol–water partition coefficient (Wildman–Crippen LogP) is 1.85. The Morgan fingerprint density at radius 2 is 2.17 bits per heavy atom. The molecule has 1 saturated heterocycles. The first-order valence-electron chi connectivity index (χ1n) is 6.77. The van der Waals surface area contributed by atoms with Crippen LogP contribution in [-0.2, 0) is 6.54 Å². The number of aryl methyl sites for hydroxylation is 1. The van der Waals surface area contributed by atoms with E-state index in [2.05, 4.69) is 54.3 Å². The normalized spacial score (nSPS) is 19.8. The average molecular weight is 247 g/mol. The molecule has 1 aromatic carbocycles. The van der Waals surface area contributed by atoms with Gasteiger partial charge in [-0.25, -0.2) is 0 Å². The molecule has 3 nitrogen and oxygen atoms in total. The van der Waals surface area contributed by atoms with E-state index < -0.39 is 0 Å². The topological polar surface area (TPSA) is 18.5 Å². The van der Waals surface area contributed by atoms with Crippen LogP contribution in [0.15, 0.2) is 18.2 Å². The van der Waals surface area contributed by atoms with Crippen molar-refractivity contribution in [1.82, 2.24) is 10.2 Å². The lowest BCUT2D eigenvalue weighted by molar-refractivity contribution is 0.315. The van der Waals surface area contributed by atoms with Gasteiger partial charge in [0.25, 0.3) is 0 Å².